The first kappa shape index (κ1) is 13.2. The number of rotatable bonds is 7. The van der Waals surface area contributed by atoms with E-state index in [4.69, 9.17) is 9.47 Å². The van der Waals surface area contributed by atoms with E-state index in [1.165, 1.54) is 0 Å². The molecule has 0 amide bonds. The molecule has 1 rings (SSSR count). The summed E-state index contributed by atoms with van der Waals surface area (Å²) in [4.78, 5) is 2.05. The van der Waals surface area contributed by atoms with Crippen molar-refractivity contribution >= 4 is 18.3 Å². The molecule has 0 aliphatic heterocycles. The Morgan fingerprint density at radius 3 is 2.69 bits per heavy atom. The number of thiol groups is 1. The summed E-state index contributed by atoms with van der Waals surface area (Å²) in [5.41, 5.74) is 1.13. The van der Waals surface area contributed by atoms with Gasteiger partial charge in [0, 0.05) is 31.6 Å². The third-order valence-electron chi connectivity index (χ3n) is 2.07. The lowest BCUT2D eigenvalue weighted by molar-refractivity contribution is 0.112. The topological polar surface area (TPSA) is 21.7 Å². The van der Waals surface area contributed by atoms with E-state index in [1.54, 1.807) is 0 Å². The lowest BCUT2D eigenvalue weighted by atomic mass is 10.3. The average Bonchev–Trinajstić information content (AvgIpc) is 2.29. The van der Waals surface area contributed by atoms with Crippen molar-refractivity contribution in [1.29, 1.82) is 0 Å². The molecule has 1 aromatic rings. The highest BCUT2D eigenvalue weighted by molar-refractivity contribution is 7.80. The number of anilines is 1. The van der Waals surface area contributed by atoms with Crippen molar-refractivity contribution in [3.05, 3.63) is 24.3 Å². The smallest absolute Gasteiger partial charge is 0.121 e. The maximum atomic E-state index is 5.57. The molecule has 4 heteroatoms. The quantitative estimate of drug-likeness (QED) is 0.583. The number of hydrogen-bond donors (Lipinski definition) is 1. The molecule has 0 fully saturated rings. The zero-order valence-electron chi connectivity index (χ0n) is 9.85. The van der Waals surface area contributed by atoms with Crippen LogP contribution in [0.4, 0.5) is 5.69 Å². The Morgan fingerprint density at radius 1 is 1.19 bits per heavy atom. The molecule has 0 atom stereocenters. The van der Waals surface area contributed by atoms with Crippen molar-refractivity contribution in [2.45, 2.75) is 0 Å². The number of ether oxygens (including phenoxy) is 2. The maximum Gasteiger partial charge on any atom is 0.121 e. The first-order chi connectivity index (χ1) is 7.74. The minimum atomic E-state index is 0.574. The van der Waals surface area contributed by atoms with E-state index >= 15 is 0 Å². The zero-order chi connectivity index (χ0) is 11.8. The summed E-state index contributed by atoms with van der Waals surface area (Å²) in [5.74, 6) is 1.62. The van der Waals surface area contributed by atoms with Gasteiger partial charge in [0.25, 0.3) is 0 Å². The molecule has 0 heterocycles. The summed E-state index contributed by atoms with van der Waals surface area (Å²) < 4.78 is 10.8. The predicted molar refractivity (Wildman–Crippen MR) is 70.9 cm³/mol. The van der Waals surface area contributed by atoms with Crippen LogP contribution in [0.15, 0.2) is 24.3 Å². The van der Waals surface area contributed by atoms with Gasteiger partial charge in [0.05, 0.1) is 13.2 Å². The van der Waals surface area contributed by atoms with Gasteiger partial charge in [-0.3, -0.25) is 0 Å². The van der Waals surface area contributed by atoms with E-state index in [9.17, 15) is 0 Å². The Labute approximate surface area is 103 Å². The highest BCUT2D eigenvalue weighted by Crippen LogP contribution is 2.18. The molecule has 16 heavy (non-hydrogen) atoms. The summed E-state index contributed by atoms with van der Waals surface area (Å²) in [5, 5.41) is 0. The fourth-order valence-corrected chi connectivity index (χ4v) is 1.37. The average molecular weight is 241 g/mol. The van der Waals surface area contributed by atoms with Gasteiger partial charge in [0.2, 0.25) is 0 Å². The van der Waals surface area contributed by atoms with Crippen LogP contribution in [0.1, 0.15) is 0 Å². The summed E-state index contributed by atoms with van der Waals surface area (Å²) in [7, 11) is 4.02. The molecule has 0 aliphatic rings. The van der Waals surface area contributed by atoms with Gasteiger partial charge < -0.3 is 14.4 Å². The minimum absolute atomic E-state index is 0.574. The van der Waals surface area contributed by atoms with Gasteiger partial charge in [-0.25, -0.2) is 0 Å². The summed E-state index contributed by atoms with van der Waals surface area (Å²) >= 11 is 4.06. The molecular weight excluding hydrogens is 222 g/mol. The number of nitrogens with zero attached hydrogens (tertiary/aromatic N) is 1. The first-order valence-electron chi connectivity index (χ1n) is 5.33. The van der Waals surface area contributed by atoms with Gasteiger partial charge in [-0.2, -0.15) is 12.6 Å². The van der Waals surface area contributed by atoms with E-state index in [2.05, 4.69) is 12.6 Å². The SMILES string of the molecule is CN(C)c1cccc(OCCOCCS)c1. The molecule has 1 aromatic carbocycles. The number of benzene rings is 1. The van der Waals surface area contributed by atoms with Gasteiger partial charge in [-0.05, 0) is 12.1 Å². The van der Waals surface area contributed by atoms with Crippen LogP contribution in [0.25, 0.3) is 0 Å². The lowest BCUT2D eigenvalue weighted by Crippen LogP contribution is -2.10. The highest BCUT2D eigenvalue weighted by Gasteiger charge is 1.98. The van der Waals surface area contributed by atoms with Crippen LogP contribution < -0.4 is 9.64 Å². The van der Waals surface area contributed by atoms with Crippen molar-refractivity contribution in [2.24, 2.45) is 0 Å². The Hall–Kier alpha value is -0.870. The van der Waals surface area contributed by atoms with Crippen molar-refractivity contribution in [1.82, 2.24) is 0 Å². The fraction of sp³-hybridized carbons (Fsp3) is 0.500. The zero-order valence-corrected chi connectivity index (χ0v) is 10.7. The molecule has 0 bridgehead atoms. The first-order valence-corrected chi connectivity index (χ1v) is 5.96. The van der Waals surface area contributed by atoms with Crippen LogP contribution in [0.3, 0.4) is 0 Å². The van der Waals surface area contributed by atoms with Crippen molar-refractivity contribution < 1.29 is 9.47 Å². The van der Waals surface area contributed by atoms with Gasteiger partial charge in [0.1, 0.15) is 12.4 Å². The lowest BCUT2D eigenvalue weighted by Gasteiger charge is -2.14. The van der Waals surface area contributed by atoms with Crippen LogP contribution in [0, 0.1) is 0 Å². The molecule has 0 N–H and O–H groups in total. The molecular formula is C12H19NO2S. The second kappa shape index (κ2) is 7.41. The molecule has 0 unspecified atom stereocenters. The third-order valence-corrected chi connectivity index (χ3v) is 2.25. The molecule has 0 spiro atoms. The van der Waals surface area contributed by atoms with Crippen molar-refractivity contribution in [3.8, 4) is 5.75 Å². The molecule has 0 saturated heterocycles. The monoisotopic (exact) mass is 241 g/mol. The van der Waals surface area contributed by atoms with Gasteiger partial charge in [0.15, 0.2) is 0 Å². The van der Waals surface area contributed by atoms with E-state index in [1.807, 2.05) is 43.3 Å². The molecule has 0 radical (unpaired) electrons. The Balaban J connectivity index is 2.33. The second-order valence-electron chi connectivity index (χ2n) is 3.58. The molecule has 0 aliphatic carbocycles. The van der Waals surface area contributed by atoms with E-state index in [-0.39, 0.29) is 0 Å². The molecule has 0 saturated carbocycles. The molecule has 3 nitrogen and oxygen atoms in total. The Morgan fingerprint density at radius 2 is 2.00 bits per heavy atom. The maximum absolute atomic E-state index is 5.57. The van der Waals surface area contributed by atoms with Crippen LogP contribution in [-0.4, -0.2) is 39.7 Å². The van der Waals surface area contributed by atoms with Crippen molar-refractivity contribution in [3.63, 3.8) is 0 Å². The van der Waals surface area contributed by atoms with Crippen LogP contribution >= 0.6 is 12.6 Å². The van der Waals surface area contributed by atoms with Crippen LogP contribution in [0.5, 0.6) is 5.75 Å². The Bertz CT molecular complexity index is 305. The number of hydrogen-bond acceptors (Lipinski definition) is 4. The fourth-order valence-electron chi connectivity index (χ4n) is 1.24. The Kier molecular flexibility index (Phi) is 6.11. The van der Waals surface area contributed by atoms with Gasteiger partial charge >= 0.3 is 0 Å². The highest BCUT2D eigenvalue weighted by atomic mass is 32.1. The van der Waals surface area contributed by atoms with E-state index in [0.717, 1.165) is 17.2 Å². The van der Waals surface area contributed by atoms with E-state index < -0.39 is 0 Å². The van der Waals surface area contributed by atoms with E-state index in [0.29, 0.717) is 19.8 Å². The van der Waals surface area contributed by atoms with Crippen LogP contribution in [0.2, 0.25) is 0 Å². The second-order valence-corrected chi connectivity index (χ2v) is 4.02. The summed E-state index contributed by atoms with van der Waals surface area (Å²) in [6, 6.07) is 7.99. The summed E-state index contributed by atoms with van der Waals surface area (Å²) in [6.45, 7) is 1.85. The van der Waals surface area contributed by atoms with Gasteiger partial charge in [-0.15, -0.1) is 0 Å². The molecule has 90 valence electrons. The standard InChI is InChI=1S/C12H19NO2S/c1-13(2)11-4-3-5-12(10-11)15-7-6-14-8-9-16/h3-5,10,16H,6-9H2,1-2H3. The summed E-state index contributed by atoms with van der Waals surface area (Å²) in [6.07, 6.45) is 0. The van der Waals surface area contributed by atoms with Crippen LogP contribution in [-0.2, 0) is 4.74 Å². The normalized spacial score (nSPS) is 10.2. The molecule has 0 aromatic heterocycles. The third kappa shape index (κ3) is 4.77. The minimum Gasteiger partial charge on any atom is -0.491 e. The van der Waals surface area contributed by atoms with Crippen molar-refractivity contribution in [2.75, 3.05) is 44.6 Å². The van der Waals surface area contributed by atoms with Gasteiger partial charge in [-0.1, -0.05) is 6.07 Å². The largest absolute Gasteiger partial charge is 0.491 e. The predicted octanol–water partition coefficient (Wildman–Crippen LogP) is 2.08.